The molecule has 0 heterocycles. The Morgan fingerprint density at radius 1 is 0.763 bits per heavy atom. The van der Waals surface area contributed by atoms with Crippen LogP contribution in [0.4, 0.5) is 5.69 Å². The maximum absolute atomic E-state index is 13.0. The third-order valence-electron chi connectivity index (χ3n) is 5.72. The molecule has 0 aliphatic heterocycles. The maximum atomic E-state index is 13.0. The van der Waals surface area contributed by atoms with E-state index in [4.69, 9.17) is 32.7 Å². The number of carbonyl (C=O) groups is 2. The molecule has 0 spiro atoms. The van der Waals surface area contributed by atoms with E-state index in [1.165, 1.54) is 0 Å². The summed E-state index contributed by atoms with van der Waals surface area (Å²) in [5, 5.41) is 13.8. The van der Waals surface area contributed by atoms with Crippen LogP contribution in [0.25, 0.3) is 0 Å². The third kappa shape index (κ3) is 7.06. The molecule has 38 heavy (non-hydrogen) atoms. The first-order chi connectivity index (χ1) is 18.4. The maximum Gasteiger partial charge on any atom is 0.326 e. The van der Waals surface area contributed by atoms with Crippen LogP contribution in [0.5, 0.6) is 11.5 Å². The summed E-state index contributed by atoms with van der Waals surface area (Å²) >= 11 is 12.2. The zero-order valence-corrected chi connectivity index (χ0v) is 21.8. The van der Waals surface area contributed by atoms with Gasteiger partial charge in [0.15, 0.2) is 11.5 Å². The van der Waals surface area contributed by atoms with Crippen LogP contribution < -0.4 is 14.8 Å². The van der Waals surface area contributed by atoms with E-state index in [1.807, 2.05) is 6.07 Å². The number of rotatable bonds is 12. The van der Waals surface area contributed by atoms with Gasteiger partial charge in [-0.2, -0.15) is 0 Å². The summed E-state index contributed by atoms with van der Waals surface area (Å²) in [7, 11) is 0. The lowest BCUT2D eigenvalue weighted by Gasteiger charge is -2.18. The van der Waals surface area contributed by atoms with E-state index >= 15 is 0 Å². The Labute approximate surface area is 230 Å². The summed E-state index contributed by atoms with van der Waals surface area (Å²) in [6.07, 6.45) is 0.206. The minimum atomic E-state index is -1.03. The van der Waals surface area contributed by atoms with Crippen LogP contribution in [0.1, 0.15) is 21.5 Å². The highest BCUT2D eigenvalue weighted by Gasteiger charge is 2.21. The van der Waals surface area contributed by atoms with Gasteiger partial charge in [-0.1, -0.05) is 83.9 Å². The van der Waals surface area contributed by atoms with Gasteiger partial charge >= 0.3 is 5.97 Å². The molecule has 0 aromatic heterocycles. The summed E-state index contributed by atoms with van der Waals surface area (Å²) in [5.74, 6) is -0.182. The van der Waals surface area contributed by atoms with Crippen LogP contribution in [0.2, 0.25) is 10.0 Å². The third-order valence-corrected chi connectivity index (χ3v) is 6.31. The van der Waals surface area contributed by atoms with E-state index in [0.717, 1.165) is 5.56 Å². The molecule has 0 bridgehead atoms. The van der Waals surface area contributed by atoms with Crippen molar-refractivity contribution >= 4 is 40.6 Å². The fourth-order valence-corrected chi connectivity index (χ4v) is 4.33. The highest BCUT2D eigenvalue weighted by molar-refractivity contribution is 6.37. The minimum absolute atomic E-state index is 0.180. The number of anilines is 1. The number of nitrogens with one attached hydrogen (secondary N) is 1. The molecule has 0 saturated carbocycles. The summed E-state index contributed by atoms with van der Waals surface area (Å²) in [6, 6.07) is 27.1. The van der Waals surface area contributed by atoms with Gasteiger partial charge in [0.25, 0.3) is 0 Å². The van der Waals surface area contributed by atoms with Crippen molar-refractivity contribution in [3.63, 3.8) is 0 Å². The standard InChI is InChI=1S/C30H25Cl2NO5/c31-24-10-6-11-25(32)29(24)38-18-17-37-22-15-13-20(14-16-22)19-27(30(35)36)33-26-12-5-4-9-23(26)28(34)21-7-2-1-3-8-21/h1-16,27,33H,17-19H2,(H,35,36)/t27-/m0/s1. The fraction of sp³-hybridized carbons (Fsp3) is 0.133. The normalized spacial score (nSPS) is 11.4. The molecule has 194 valence electrons. The van der Waals surface area contributed by atoms with E-state index < -0.39 is 12.0 Å². The van der Waals surface area contributed by atoms with Gasteiger partial charge in [-0.15, -0.1) is 0 Å². The molecular weight excluding hydrogens is 525 g/mol. The highest BCUT2D eigenvalue weighted by Crippen LogP contribution is 2.32. The summed E-state index contributed by atoms with van der Waals surface area (Å²) in [4.78, 5) is 25.1. The van der Waals surface area contributed by atoms with E-state index in [-0.39, 0.29) is 25.4 Å². The topological polar surface area (TPSA) is 84.9 Å². The molecule has 8 heteroatoms. The van der Waals surface area contributed by atoms with Crippen molar-refractivity contribution in [2.24, 2.45) is 0 Å². The lowest BCUT2D eigenvalue weighted by Crippen LogP contribution is -2.32. The lowest BCUT2D eigenvalue weighted by molar-refractivity contribution is -0.137. The van der Waals surface area contributed by atoms with Crippen LogP contribution in [0, 0.1) is 0 Å². The first kappa shape index (κ1) is 27.0. The summed E-state index contributed by atoms with van der Waals surface area (Å²) in [5.41, 5.74) is 2.20. The molecule has 0 saturated heterocycles. The molecule has 4 aromatic rings. The first-order valence-electron chi connectivity index (χ1n) is 11.9. The van der Waals surface area contributed by atoms with E-state index in [9.17, 15) is 14.7 Å². The minimum Gasteiger partial charge on any atom is -0.490 e. The average molecular weight is 550 g/mol. The second kappa shape index (κ2) is 13.0. The Kier molecular flexibility index (Phi) is 9.25. The number of halogens is 2. The predicted octanol–water partition coefficient (Wildman–Crippen LogP) is 6.79. The predicted molar refractivity (Wildman–Crippen MR) is 149 cm³/mol. The molecule has 4 rings (SSSR count). The van der Waals surface area contributed by atoms with Crippen molar-refractivity contribution in [2.75, 3.05) is 18.5 Å². The number of hydrogen-bond acceptors (Lipinski definition) is 5. The number of aliphatic carboxylic acids is 1. The highest BCUT2D eigenvalue weighted by atomic mass is 35.5. The lowest BCUT2D eigenvalue weighted by atomic mass is 10.00. The van der Waals surface area contributed by atoms with Gasteiger partial charge in [0.2, 0.25) is 0 Å². The zero-order chi connectivity index (χ0) is 26.9. The van der Waals surface area contributed by atoms with Crippen molar-refractivity contribution in [3.8, 4) is 11.5 Å². The number of carboxylic acid groups (broad SMARTS) is 1. The van der Waals surface area contributed by atoms with Crippen molar-refractivity contribution in [2.45, 2.75) is 12.5 Å². The molecule has 6 nitrogen and oxygen atoms in total. The van der Waals surface area contributed by atoms with Crippen LogP contribution in [-0.2, 0) is 11.2 Å². The van der Waals surface area contributed by atoms with Crippen LogP contribution in [0.15, 0.2) is 97.1 Å². The first-order valence-corrected chi connectivity index (χ1v) is 12.6. The van der Waals surface area contributed by atoms with E-state index in [1.54, 1.807) is 91.0 Å². The Balaban J connectivity index is 1.36. The number of hydrogen-bond donors (Lipinski definition) is 2. The Bertz CT molecular complexity index is 1370. The zero-order valence-electron chi connectivity index (χ0n) is 20.3. The molecule has 0 fully saturated rings. The largest absolute Gasteiger partial charge is 0.490 e. The Hall–Kier alpha value is -4.00. The summed E-state index contributed by atoms with van der Waals surface area (Å²) < 4.78 is 11.3. The second-order valence-corrected chi connectivity index (χ2v) is 9.19. The Morgan fingerprint density at radius 3 is 2.08 bits per heavy atom. The van der Waals surface area contributed by atoms with Gasteiger partial charge in [0.1, 0.15) is 25.0 Å². The molecule has 0 aliphatic rings. The van der Waals surface area contributed by atoms with Gasteiger partial charge in [-0.05, 0) is 42.0 Å². The molecule has 0 aliphatic carbocycles. The van der Waals surface area contributed by atoms with Crippen LogP contribution >= 0.6 is 23.2 Å². The quantitative estimate of drug-likeness (QED) is 0.149. The SMILES string of the molecule is O=C(c1ccccc1)c1ccccc1N[C@@H](Cc1ccc(OCCOc2c(Cl)cccc2Cl)cc1)C(=O)O. The number of carboxylic acids is 1. The second-order valence-electron chi connectivity index (χ2n) is 8.37. The number of ketones is 1. The molecule has 1 atom stereocenters. The van der Waals surface area contributed by atoms with Gasteiger partial charge < -0.3 is 19.9 Å². The molecule has 0 radical (unpaired) electrons. The molecule has 4 aromatic carbocycles. The van der Waals surface area contributed by atoms with Crippen molar-refractivity contribution in [1.82, 2.24) is 0 Å². The number of carbonyl (C=O) groups excluding carboxylic acids is 1. The van der Waals surface area contributed by atoms with E-state index in [2.05, 4.69) is 5.32 Å². The van der Waals surface area contributed by atoms with Crippen LogP contribution in [-0.4, -0.2) is 36.1 Å². The number of para-hydroxylation sites is 2. The molecule has 2 N–H and O–H groups in total. The van der Waals surface area contributed by atoms with Gasteiger partial charge in [-0.3, -0.25) is 4.79 Å². The Morgan fingerprint density at radius 2 is 1.39 bits per heavy atom. The van der Waals surface area contributed by atoms with Gasteiger partial charge in [0, 0.05) is 23.2 Å². The molecular formula is C30H25Cl2NO5. The van der Waals surface area contributed by atoms with Crippen LogP contribution in [0.3, 0.4) is 0 Å². The fourth-order valence-electron chi connectivity index (χ4n) is 3.82. The smallest absolute Gasteiger partial charge is 0.326 e. The molecule has 0 unspecified atom stereocenters. The van der Waals surface area contributed by atoms with Crippen molar-refractivity contribution < 1.29 is 24.2 Å². The van der Waals surface area contributed by atoms with E-state index in [0.29, 0.717) is 38.4 Å². The van der Waals surface area contributed by atoms with Crippen molar-refractivity contribution in [1.29, 1.82) is 0 Å². The summed E-state index contributed by atoms with van der Waals surface area (Å²) in [6.45, 7) is 0.518. The van der Waals surface area contributed by atoms with Gasteiger partial charge in [0.05, 0.1) is 10.0 Å². The number of ether oxygens (including phenoxy) is 2. The average Bonchev–Trinajstić information content (AvgIpc) is 2.93. The molecule has 0 amide bonds. The monoisotopic (exact) mass is 549 g/mol. The van der Waals surface area contributed by atoms with Crippen molar-refractivity contribution in [3.05, 3.63) is 124 Å². The number of benzene rings is 4. The van der Waals surface area contributed by atoms with Gasteiger partial charge in [-0.25, -0.2) is 4.79 Å².